The Morgan fingerprint density at radius 2 is 2.07 bits per heavy atom. The number of phenolic OH excluding ortho intramolecular Hbond substituents is 1. The Morgan fingerprint density at radius 3 is 2.67 bits per heavy atom. The fraction of sp³-hybridized carbons (Fsp3) is 0.364. The van der Waals surface area contributed by atoms with E-state index in [1.54, 1.807) is 18.2 Å². The molecule has 1 aromatic carbocycles. The molecule has 0 aromatic heterocycles. The smallest absolute Gasteiger partial charge is 0.255 e. The normalized spacial score (nSPS) is 10.3. The zero-order valence-corrected chi connectivity index (χ0v) is 9.08. The molecular formula is C11H17N2O2+. The highest BCUT2D eigenvalue weighted by Gasteiger charge is 2.09. The van der Waals surface area contributed by atoms with Gasteiger partial charge < -0.3 is 15.3 Å². The van der Waals surface area contributed by atoms with Crippen LogP contribution in [0.2, 0.25) is 0 Å². The van der Waals surface area contributed by atoms with Crippen LogP contribution in [0.15, 0.2) is 24.3 Å². The summed E-state index contributed by atoms with van der Waals surface area (Å²) in [6.45, 7) is 1.47. The van der Waals surface area contributed by atoms with E-state index in [-0.39, 0.29) is 11.7 Å². The van der Waals surface area contributed by atoms with Crippen molar-refractivity contribution in [2.75, 3.05) is 27.2 Å². The van der Waals surface area contributed by atoms with Gasteiger partial charge in [-0.1, -0.05) is 12.1 Å². The SMILES string of the molecule is C[NH+](C)CCNC(=O)c1ccccc1O. The number of likely N-dealkylation sites (N-methyl/N-ethyl adjacent to an activating group) is 1. The third-order valence-corrected chi connectivity index (χ3v) is 2.06. The number of benzene rings is 1. The van der Waals surface area contributed by atoms with Crippen LogP contribution in [-0.2, 0) is 0 Å². The molecule has 0 aliphatic carbocycles. The minimum absolute atomic E-state index is 0.0206. The Morgan fingerprint density at radius 1 is 1.40 bits per heavy atom. The van der Waals surface area contributed by atoms with Gasteiger partial charge in [0, 0.05) is 0 Å². The Labute approximate surface area is 89.5 Å². The summed E-state index contributed by atoms with van der Waals surface area (Å²) in [5.74, 6) is -0.207. The van der Waals surface area contributed by atoms with Crippen molar-refractivity contribution in [3.05, 3.63) is 29.8 Å². The van der Waals surface area contributed by atoms with E-state index in [2.05, 4.69) is 5.32 Å². The molecule has 3 N–H and O–H groups in total. The van der Waals surface area contributed by atoms with Gasteiger partial charge in [0.2, 0.25) is 0 Å². The molecule has 4 nitrogen and oxygen atoms in total. The van der Waals surface area contributed by atoms with Gasteiger partial charge in [-0.2, -0.15) is 0 Å². The van der Waals surface area contributed by atoms with E-state index in [1.807, 2.05) is 14.1 Å². The van der Waals surface area contributed by atoms with E-state index >= 15 is 0 Å². The number of phenols is 1. The quantitative estimate of drug-likeness (QED) is 0.612. The lowest BCUT2D eigenvalue weighted by Gasteiger charge is -2.09. The molecule has 0 aliphatic rings. The molecular weight excluding hydrogens is 192 g/mol. The summed E-state index contributed by atoms with van der Waals surface area (Å²) in [6.07, 6.45) is 0. The minimum Gasteiger partial charge on any atom is -0.507 e. The highest BCUT2D eigenvalue weighted by molar-refractivity contribution is 5.96. The van der Waals surface area contributed by atoms with E-state index in [0.717, 1.165) is 6.54 Å². The third kappa shape index (κ3) is 3.59. The second-order valence-corrected chi connectivity index (χ2v) is 3.73. The van der Waals surface area contributed by atoms with Crippen molar-refractivity contribution >= 4 is 5.91 Å². The van der Waals surface area contributed by atoms with E-state index < -0.39 is 0 Å². The van der Waals surface area contributed by atoms with Crippen LogP contribution in [0.25, 0.3) is 0 Å². The first kappa shape index (κ1) is 11.5. The molecule has 1 amide bonds. The first-order valence-corrected chi connectivity index (χ1v) is 4.96. The Bertz CT molecular complexity index is 337. The third-order valence-electron chi connectivity index (χ3n) is 2.06. The molecule has 0 radical (unpaired) electrons. The van der Waals surface area contributed by atoms with Crippen molar-refractivity contribution in [2.45, 2.75) is 0 Å². The maximum absolute atomic E-state index is 11.6. The standard InChI is InChI=1S/C11H16N2O2/c1-13(2)8-7-12-11(15)9-5-3-4-6-10(9)14/h3-6,14H,7-8H2,1-2H3,(H,12,15)/p+1. The summed E-state index contributed by atoms with van der Waals surface area (Å²) in [4.78, 5) is 12.8. The number of amides is 1. The molecule has 0 saturated heterocycles. The molecule has 0 atom stereocenters. The number of rotatable bonds is 4. The number of para-hydroxylation sites is 1. The molecule has 0 unspecified atom stereocenters. The van der Waals surface area contributed by atoms with Crippen molar-refractivity contribution in [2.24, 2.45) is 0 Å². The Balaban J connectivity index is 2.51. The van der Waals surface area contributed by atoms with Crippen LogP contribution in [-0.4, -0.2) is 38.2 Å². The van der Waals surface area contributed by atoms with Gasteiger partial charge in [-0.3, -0.25) is 4.79 Å². The van der Waals surface area contributed by atoms with Crippen molar-refractivity contribution in [1.29, 1.82) is 0 Å². The summed E-state index contributed by atoms with van der Waals surface area (Å²) in [5.41, 5.74) is 0.325. The number of hydrogen-bond acceptors (Lipinski definition) is 2. The predicted octanol–water partition coefficient (Wildman–Crippen LogP) is -0.733. The predicted molar refractivity (Wildman–Crippen MR) is 58.1 cm³/mol. The van der Waals surface area contributed by atoms with Crippen molar-refractivity contribution < 1.29 is 14.8 Å². The van der Waals surface area contributed by atoms with Gasteiger partial charge >= 0.3 is 0 Å². The zero-order valence-electron chi connectivity index (χ0n) is 9.08. The summed E-state index contributed by atoms with van der Waals surface area (Å²) in [5, 5.41) is 12.2. The number of carbonyl (C=O) groups excluding carboxylic acids is 1. The lowest BCUT2D eigenvalue weighted by molar-refractivity contribution is -0.856. The Kier molecular flexibility index (Phi) is 4.12. The molecule has 82 valence electrons. The van der Waals surface area contributed by atoms with Crippen LogP contribution < -0.4 is 10.2 Å². The van der Waals surface area contributed by atoms with E-state index in [0.29, 0.717) is 12.1 Å². The van der Waals surface area contributed by atoms with Crippen LogP contribution in [0.1, 0.15) is 10.4 Å². The summed E-state index contributed by atoms with van der Waals surface area (Å²) in [7, 11) is 4.04. The second kappa shape index (κ2) is 5.36. The topological polar surface area (TPSA) is 53.8 Å². The number of carbonyl (C=O) groups is 1. The average molecular weight is 209 g/mol. The molecule has 4 heteroatoms. The van der Waals surface area contributed by atoms with Crippen LogP contribution >= 0.6 is 0 Å². The van der Waals surface area contributed by atoms with Crippen LogP contribution in [0.4, 0.5) is 0 Å². The maximum atomic E-state index is 11.6. The molecule has 0 heterocycles. The fourth-order valence-electron chi connectivity index (χ4n) is 1.19. The Hall–Kier alpha value is -1.55. The summed E-state index contributed by atoms with van der Waals surface area (Å²) < 4.78 is 0. The number of quaternary nitrogens is 1. The maximum Gasteiger partial charge on any atom is 0.255 e. The number of nitrogens with one attached hydrogen (secondary N) is 2. The number of aromatic hydroxyl groups is 1. The van der Waals surface area contributed by atoms with Gasteiger partial charge in [-0.15, -0.1) is 0 Å². The molecule has 1 rings (SSSR count). The molecule has 0 saturated carbocycles. The average Bonchev–Trinajstić information content (AvgIpc) is 2.17. The highest BCUT2D eigenvalue weighted by Crippen LogP contribution is 2.14. The molecule has 0 spiro atoms. The van der Waals surface area contributed by atoms with Crippen LogP contribution in [0.3, 0.4) is 0 Å². The van der Waals surface area contributed by atoms with Gasteiger partial charge in [-0.25, -0.2) is 0 Å². The van der Waals surface area contributed by atoms with Gasteiger partial charge in [0.25, 0.3) is 5.91 Å². The number of hydrogen-bond donors (Lipinski definition) is 3. The van der Waals surface area contributed by atoms with E-state index in [4.69, 9.17) is 0 Å². The van der Waals surface area contributed by atoms with Crippen molar-refractivity contribution in [3.8, 4) is 5.75 Å². The first-order valence-electron chi connectivity index (χ1n) is 4.96. The summed E-state index contributed by atoms with van der Waals surface area (Å²) in [6, 6.07) is 6.53. The minimum atomic E-state index is -0.227. The summed E-state index contributed by atoms with van der Waals surface area (Å²) >= 11 is 0. The van der Waals surface area contributed by atoms with Crippen molar-refractivity contribution in [3.63, 3.8) is 0 Å². The van der Waals surface area contributed by atoms with Crippen LogP contribution in [0, 0.1) is 0 Å². The highest BCUT2D eigenvalue weighted by atomic mass is 16.3. The van der Waals surface area contributed by atoms with E-state index in [1.165, 1.54) is 11.0 Å². The lowest BCUT2D eigenvalue weighted by Crippen LogP contribution is -3.06. The van der Waals surface area contributed by atoms with Crippen molar-refractivity contribution in [1.82, 2.24) is 5.32 Å². The van der Waals surface area contributed by atoms with Gasteiger partial charge in [0.15, 0.2) is 0 Å². The zero-order chi connectivity index (χ0) is 11.3. The second-order valence-electron chi connectivity index (χ2n) is 3.73. The van der Waals surface area contributed by atoms with Gasteiger partial charge in [-0.05, 0) is 12.1 Å². The molecule has 0 bridgehead atoms. The fourth-order valence-corrected chi connectivity index (χ4v) is 1.19. The first-order chi connectivity index (χ1) is 7.11. The lowest BCUT2D eigenvalue weighted by atomic mass is 10.2. The van der Waals surface area contributed by atoms with Gasteiger partial charge in [0.1, 0.15) is 5.75 Å². The van der Waals surface area contributed by atoms with E-state index in [9.17, 15) is 9.90 Å². The van der Waals surface area contributed by atoms with Gasteiger partial charge in [0.05, 0.1) is 32.7 Å². The van der Waals surface area contributed by atoms with Crippen LogP contribution in [0.5, 0.6) is 5.75 Å². The monoisotopic (exact) mass is 209 g/mol. The molecule has 1 aromatic rings. The molecule has 0 aliphatic heterocycles. The molecule has 0 fully saturated rings. The largest absolute Gasteiger partial charge is 0.507 e. The molecule has 15 heavy (non-hydrogen) atoms.